The minimum atomic E-state index is -0.499. The van der Waals surface area contributed by atoms with Crippen LogP contribution in [0.4, 0.5) is 14.5 Å². The van der Waals surface area contributed by atoms with Crippen LogP contribution < -0.4 is 10.6 Å². The fraction of sp³-hybridized carbons (Fsp3) is 0.148. The van der Waals surface area contributed by atoms with Crippen molar-refractivity contribution in [2.24, 2.45) is 0 Å². The summed E-state index contributed by atoms with van der Waals surface area (Å²) < 4.78 is 33.5. The fourth-order valence-electron chi connectivity index (χ4n) is 4.23. The van der Waals surface area contributed by atoms with Crippen LogP contribution in [0.1, 0.15) is 30.0 Å². The van der Waals surface area contributed by atoms with Crippen LogP contribution in [0.15, 0.2) is 89.5 Å². The molecule has 3 heterocycles. The van der Waals surface area contributed by atoms with Crippen molar-refractivity contribution in [2.75, 3.05) is 11.9 Å². The maximum atomic E-state index is 13.9. The summed E-state index contributed by atoms with van der Waals surface area (Å²) >= 11 is 5.62. The molecular formula is C27H22F2N4O2S. The van der Waals surface area contributed by atoms with Crippen molar-refractivity contribution in [3.63, 3.8) is 0 Å². The van der Waals surface area contributed by atoms with Gasteiger partial charge in [0, 0.05) is 24.7 Å². The second kappa shape index (κ2) is 10.2. The molecule has 0 radical (unpaired) electrons. The predicted molar refractivity (Wildman–Crippen MR) is 136 cm³/mol. The lowest BCUT2D eigenvalue weighted by atomic mass is 10.0. The van der Waals surface area contributed by atoms with Crippen molar-refractivity contribution < 1.29 is 18.0 Å². The fourth-order valence-corrected chi connectivity index (χ4v) is 4.57. The van der Waals surface area contributed by atoms with Crippen LogP contribution in [0.5, 0.6) is 0 Å². The van der Waals surface area contributed by atoms with Crippen molar-refractivity contribution in [3.05, 3.63) is 108 Å². The average Bonchev–Trinajstić information content (AvgIpc) is 3.50. The number of benzene rings is 2. The number of para-hydroxylation sites is 1. The molecule has 0 spiro atoms. The van der Waals surface area contributed by atoms with E-state index < -0.39 is 5.82 Å². The number of hydrogen-bond acceptors (Lipinski definition) is 4. The van der Waals surface area contributed by atoms with Crippen LogP contribution in [0, 0.1) is 11.6 Å². The average molecular weight is 505 g/mol. The number of rotatable bonds is 7. The van der Waals surface area contributed by atoms with Crippen LogP contribution >= 0.6 is 12.2 Å². The van der Waals surface area contributed by atoms with Gasteiger partial charge < -0.3 is 20.0 Å². The first-order valence-electron chi connectivity index (χ1n) is 11.4. The topological polar surface area (TPSA) is 70.4 Å². The Morgan fingerprint density at radius 3 is 2.56 bits per heavy atom. The number of nitrogens with one attached hydrogen (secondary N) is 2. The van der Waals surface area contributed by atoms with E-state index in [0.717, 1.165) is 11.3 Å². The van der Waals surface area contributed by atoms with Gasteiger partial charge in [-0.3, -0.25) is 9.78 Å². The Morgan fingerprint density at radius 2 is 1.81 bits per heavy atom. The van der Waals surface area contributed by atoms with Gasteiger partial charge >= 0.3 is 0 Å². The highest BCUT2D eigenvalue weighted by atomic mass is 32.1. The molecule has 2 N–H and O–H groups in total. The molecule has 2 aromatic heterocycles. The van der Waals surface area contributed by atoms with Crippen LogP contribution in [0.25, 0.3) is 11.3 Å². The van der Waals surface area contributed by atoms with Crippen LogP contribution in [-0.2, 0) is 4.79 Å². The normalized spacial score (nSPS) is 17.2. The maximum absolute atomic E-state index is 13.9. The number of carbonyl (C=O) groups excluding carboxylic acids is 1. The zero-order valence-electron chi connectivity index (χ0n) is 19.0. The largest absolute Gasteiger partial charge is 0.459 e. The smallest absolute Gasteiger partial charge is 0.226 e. The molecule has 0 bridgehead atoms. The van der Waals surface area contributed by atoms with Gasteiger partial charge in [-0.05, 0) is 72.9 Å². The first-order chi connectivity index (χ1) is 17.5. The minimum absolute atomic E-state index is 0.0765. The van der Waals surface area contributed by atoms with Gasteiger partial charge in [0.15, 0.2) is 5.11 Å². The summed E-state index contributed by atoms with van der Waals surface area (Å²) in [6.45, 7) is 0.271. The van der Waals surface area contributed by atoms with Crippen molar-refractivity contribution >= 4 is 28.9 Å². The molecule has 1 amide bonds. The molecular weight excluding hydrogens is 482 g/mol. The van der Waals surface area contributed by atoms with Gasteiger partial charge in [0.1, 0.15) is 29.2 Å². The Labute approximate surface area is 212 Å². The number of hydrogen-bond donors (Lipinski definition) is 2. The number of aromatic nitrogens is 1. The molecule has 1 fully saturated rings. The van der Waals surface area contributed by atoms with Gasteiger partial charge in [-0.15, -0.1) is 0 Å². The quantitative estimate of drug-likeness (QED) is 0.319. The lowest BCUT2D eigenvalue weighted by molar-refractivity contribution is -0.116. The third-order valence-electron chi connectivity index (χ3n) is 5.97. The first kappa shape index (κ1) is 23.6. The van der Waals surface area contributed by atoms with E-state index in [-0.39, 0.29) is 42.5 Å². The Balaban J connectivity index is 1.40. The lowest BCUT2D eigenvalue weighted by Crippen LogP contribution is -2.32. The minimum Gasteiger partial charge on any atom is -0.459 e. The van der Waals surface area contributed by atoms with Gasteiger partial charge in [0.05, 0.1) is 17.4 Å². The Bertz CT molecular complexity index is 1380. The molecule has 1 aliphatic heterocycles. The molecule has 6 nitrogen and oxygen atoms in total. The third-order valence-corrected chi connectivity index (χ3v) is 6.32. The van der Waals surface area contributed by atoms with Crippen molar-refractivity contribution in [1.29, 1.82) is 0 Å². The number of anilines is 1. The number of amides is 1. The zero-order valence-corrected chi connectivity index (χ0v) is 19.8. The van der Waals surface area contributed by atoms with Crippen molar-refractivity contribution in [1.82, 2.24) is 15.2 Å². The molecule has 5 rings (SSSR count). The van der Waals surface area contributed by atoms with E-state index in [0.29, 0.717) is 16.6 Å². The van der Waals surface area contributed by atoms with E-state index in [4.69, 9.17) is 16.6 Å². The summed E-state index contributed by atoms with van der Waals surface area (Å²) in [5.74, 6) is 0.0354. The summed E-state index contributed by atoms with van der Waals surface area (Å²) in [6.07, 6.45) is 1.78. The van der Waals surface area contributed by atoms with Crippen LogP contribution in [0.3, 0.4) is 0 Å². The number of carbonyl (C=O) groups is 1. The molecule has 4 aromatic rings. The Kier molecular flexibility index (Phi) is 6.73. The SMILES string of the molecule is O=C(CCN1C(=S)NC(c2ccccn2)C1c1ccc(-c2ccc(F)cc2)o1)Nc1ccccc1F. The lowest BCUT2D eigenvalue weighted by Gasteiger charge is -2.25. The van der Waals surface area contributed by atoms with E-state index in [1.165, 1.54) is 24.3 Å². The van der Waals surface area contributed by atoms with Gasteiger partial charge in [-0.25, -0.2) is 8.78 Å². The summed E-state index contributed by atoms with van der Waals surface area (Å²) in [4.78, 5) is 19.0. The number of pyridine rings is 1. The highest BCUT2D eigenvalue weighted by Gasteiger charge is 2.41. The van der Waals surface area contributed by atoms with Gasteiger partial charge in [0.2, 0.25) is 5.91 Å². The molecule has 1 saturated heterocycles. The number of halogens is 2. The van der Waals surface area contributed by atoms with Gasteiger partial charge in [0.25, 0.3) is 0 Å². The number of thiocarbonyl (C=S) groups is 1. The second-order valence-electron chi connectivity index (χ2n) is 8.31. The third kappa shape index (κ3) is 4.96. The summed E-state index contributed by atoms with van der Waals surface area (Å²) in [6, 6.07) is 20.6. The molecule has 2 aromatic carbocycles. The number of nitrogens with zero attached hydrogens (tertiary/aromatic N) is 2. The summed E-state index contributed by atoms with van der Waals surface area (Å²) in [5.41, 5.74) is 1.63. The van der Waals surface area contributed by atoms with Gasteiger partial charge in [-0.1, -0.05) is 18.2 Å². The van der Waals surface area contributed by atoms with E-state index in [2.05, 4.69) is 15.6 Å². The molecule has 182 valence electrons. The van der Waals surface area contributed by atoms with Crippen molar-refractivity contribution in [3.8, 4) is 11.3 Å². The first-order valence-corrected chi connectivity index (χ1v) is 11.8. The summed E-state index contributed by atoms with van der Waals surface area (Å²) in [5, 5.41) is 6.36. The summed E-state index contributed by atoms with van der Waals surface area (Å²) in [7, 11) is 0. The van der Waals surface area contributed by atoms with E-state index >= 15 is 0 Å². The standard InChI is InChI=1S/C27H22F2N4O2S/c28-18-10-8-17(9-11-18)22-12-13-23(35-22)26-25(21-7-3-4-15-30-21)32-27(36)33(26)16-14-24(34)31-20-6-2-1-5-19(20)29/h1-13,15,25-26H,14,16H2,(H,31,34)(H,32,36). The Morgan fingerprint density at radius 1 is 1.03 bits per heavy atom. The highest BCUT2D eigenvalue weighted by molar-refractivity contribution is 7.80. The molecule has 9 heteroatoms. The predicted octanol–water partition coefficient (Wildman–Crippen LogP) is 5.62. The maximum Gasteiger partial charge on any atom is 0.226 e. The van der Waals surface area contributed by atoms with E-state index in [9.17, 15) is 13.6 Å². The molecule has 36 heavy (non-hydrogen) atoms. The van der Waals surface area contributed by atoms with Crippen LogP contribution in [0.2, 0.25) is 0 Å². The number of furan rings is 1. The molecule has 0 saturated carbocycles. The van der Waals surface area contributed by atoms with Gasteiger partial charge in [-0.2, -0.15) is 0 Å². The van der Waals surface area contributed by atoms with Crippen LogP contribution in [-0.4, -0.2) is 27.4 Å². The monoisotopic (exact) mass is 504 g/mol. The molecule has 1 aliphatic rings. The van der Waals surface area contributed by atoms with E-state index in [1.54, 1.807) is 30.5 Å². The molecule has 2 atom stereocenters. The molecule has 0 aliphatic carbocycles. The van der Waals surface area contributed by atoms with E-state index in [1.807, 2.05) is 35.2 Å². The van der Waals surface area contributed by atoms with Crippen molar-refractivity contribution in [2.45, 2.75) is 18.5 Å². The second-order valence-corrected chi connectivity index (χ2v) is 8.69. The Hall–Kier alpha value is -4.11. The zero-order chi connectivity index (χ0) is 25.1. The highest BCUT2D eigenvalue weighted by Crippen LogP contribution is 2.40. The molecule has 2 unspecified atom stereocenters.